The lowest BCUT2D eigenvalue weighted by Crippen LogP contribution is -2.53. The summed E-state index contributed by atoms with van der Waals surface area (Å²) in [7, 11) is -1.02. The molecule has 38 heavy (non-hydrogen) atoms. The second kappa shape index (κ2) is 13.2. The fourth-order valence-electron chi connectivity index (χ4n) is 4.55. The summed E-state index contributed by atoms with van der Waals surface area (Å²) >= 11 is 6.38. The molecule has 0 aliphatic heterocycles. The van der Waals surface area contributed by atoms with Crippen molar-refractivity contribution in [1.29, 1.82) is 0 Å². The van der Waals surface area contributed by atoms with Crippen LogP contribution in [-0.4, -0.2) is 64.2 Å². The van der Waals surface area contributed by atoms with Gasteiger partial charge in [0, 0.05) is 23.7 Å². The summed E-state index contributed by atoms with van der Waals surface area (Å²) in [5.74, 6) is -0.146. The van der Waals surface area contributed by atoms with E-state index in [1.807, 2.05) is 0 Å². The van der Waals surface area contributed by atoms with E-state index in [4.69, 9.17) is 21.1 Å². The van der Waals surface area contributed by atoms with Gasteiger partial charge in [-0.05, 0) is 43.5 Å². The first-order valence-corrected chi connectivity index (χ1v) is 14.8. The Morgan fingerprint density at radius 1 is 1.08 bits per heavy atom. The van der Waals surface area contributed by atoms with E-state index >= 15 is 0 Å². The van der Waals surface area contributed by atoms with Gasteiger partial charge in [0.2, 0.25) is 21.8 Å². The predicted molar refractivity (Wildman–Crippen MR) is 148 cm³/mol. The minimum Gasteiger partial charge on any atom is -0.497 e. The zero-order chi connectivity index (χ0) is 27.9. The number of sulfonamides is 1. The van der Waals surface area contributed by atoms with E-state index in [0.29, 0.717) is 16.3 Å². The minimum absolute atomic E-state index is 0.0368. The van der Waals surface area contributed by atoms with Crippen LogP contribution in [0, 0.1) is 0 Å². The van der Waals surface area contributed by atoms with Crippen molar-refractivity contribution in [3.05, 3.63) is 53.1 Å². The Morgan fingerprint density at radius 2 is 1.76 bits per heavy atom. The van der Waals surface area contributed by atoms with Gasteiger partial charge in [-0.15, -0.1) is 0 Å². The summed E-state index contributed by atoms with van der Waals surface area (Å²) in [6.45, 7) is 1.15. The molecule has 0 radical (unpaired) electrons. The summed E-state index contributed by atoms with van der Waals surface area (Å²) in [5.41, 5.74) is 0.828. The molecule has 2 aromatic rings. The van der Waals surface area contributed by atoms with Crippen LogP contribution in [0.4, 0.5) is 5.69 Å². The predicted octanol–water partition coefficient (Wildman–Crippen LogP) is 3.99. The number of carbonyl (C=O) groups is 2. The van der Waals surface area contributed by atoms with Crippen molar-refractivity contribution < 1.29 is 27.5 Å². The molecule has 9 nitrogen and oxygen atoms in total. The monoisotopic (exact) mass is 565 g/mol. The Bertz CT molecular complexity index is 1230. The molecule has 0 bridgehead atoms. The molecule has 2 aromatic carbocycles. The number of ether oxygens (including phenoxy) is 2. The Labute approximate surface area is 230 Å². The second-order valence-corrected chi connectivity index (χ2v) is 11.8. The molecule has 1 aliphatic carbocycles. The van der Waals surface area contributed by atoms with Gasteiger partial charge in [0.1, 0.15) is 24.1 Å². The van der Waals surface area contributed by atoms with Gasteiger partial charge in [-0.1, -0.05) is 49.1 Å². The van der Waals surface area contributed by atoms with Gasteiger partial charge in [-0.25, -0.2) is 8.42 Å². The number of anilines is 1. The zero-order valence-corrected chi connectivity index (χ0v) is 23.8. The first-order valence-electron chi connectivity index (χ1n) is 12.6. The van der Waals surface area contributed by atoms with Crippen LogP contribution in [0.3, 0.4) is 0 Å². The lowest BCUT2D eigenvalue weighted by molar-refractivity contribution is -0.139. The molecule has 1 N–H and O–H groups in total. The number of carbonyl (C=O) groups excluding carboxylic acids is 2. The lowest BCUT2D eigenvalue weighted by Gasteiger charge is -2.33. The van der Waals surface area contributed by atoms with Gasteiger partial charge in [-0.3, -0.25) is 13.9 Å². The molecule has 0 saturated heterocycles. The van der Waals surface area contributed by atoms with Gasteiger partial charge < -0.3 is 19.7 Å². The van der Waals surface area contributed by atoms with Gasteiger partial charge in [0.25, 0.3) is 0 Å². The van der Waals surface area contributed by atoms with Gasteiger partial charge >= 0.3 is 0 Å². The first kappa shape index (κ1) is 29.6. The fraction of sp³-hybridized carbons (Fsp3) is 0.481. The number of hydrogen-bond acceptors (Lipinski definition) is 6. The van der Waals surface area contributed by atoms with E-state index in [9.17, 15) is 18.0 Å². The van der Waals surface area contributed by atoms with Crippen LogP contribution in [0.15, 0.2) is 42.5 Å². The maximum atomic E-state index is 13.8. The van der Waals surface area contributed by atoms with Crippen LogP contribution in [0.5, 0.6) is 11.5 Å². The number of nitrogens with one attached hydrogen (secondary N) is 1. The molecule has 2 amide bonds. The Balaban J connectivity index is 1.93. The number of hydrogen-bond donors (Lipinski definition) is 1. The van der Waals surface area contributed by atoms with E-state index in [1.54, 1.807) is 43.3 Å². The molecule has 0 heterocycles. The highest BCUT2D eigenvalue weighted by Crippen LogP contribution is 2.34. The van der Waals surface area contributed by atoms with Crippen molar-refractivity contribution in [2.45, 2.75) is 57.7 Å². The third-order valence-corrected chi connectivity index (χ3v) is 8.25. The van der Waals surface area contributed by atoms with E-state index in [1.165, 1.54) is 25.2 Å². The third-order valence-electron chi connectivity index (χ3n) is 6.75. The molecule has 0 spiro atoms. The second-order valence-electron chi connectivity index (χ2n) is 9.44. The Kier molecular flexibility index (Phi) is 10.3. The van der Waals surface area contributed by atoms with Crippen LogP contribution in [0.1, 0.15) is 44.6 Å². The number of rotatable bonds is 11. The number of halogens is 1. The van der Waals surface area contributed by atoms with Crippen LogP contribution in [0.25, 0.3) is 0 Å². The van der Waals surface area contributed by atoms with Crippen molar-refractivity contribution >= 4 is 39.1 Å². The highest BCUT2D eigenvalue weighted by molar-refractivity contribution is 7.92. The number of benzene rings is 2. The molecule has 3 rings (SSSR count). The SMILES string of the molecule is COc1ccc(N(CC(=O)N(Cc2ccccc2Cl)[C@@H](C)C(=O)NC2CCCCC2)S(C)(=O)=O)c(OC)c1. The van der Waals surface area contributed by atoms with E-state index < -0.39 is 28.5 Å². The molecule has 0 unspecified atom stereocenters. The van der Waals surface area contributed by atoms with E-state index in [2.05, 4.69) is 5.32 Å². The molecule has 1 fully saturated rings. The largest absolute Gasteiger partial charge is 0.497 e. The summed E-state index contributed by atoms with van der Waals surface area (Å²) in [5, 5.41) is 3.52. The normalized spacial score (nSPS) is 14.9. The smallest absolute Gasteiger partial charge is 0.244 e. The average molecular weight is 566 g/mol. The highest BCUT2D eigenvalue weighted by atomic mass is 35.5. The standard InChI is InChI=1S/C27H36ClN3O6S/c1-19(27(33)29-21-11-6-5-7-12-21)30(17-20-10-8-9-13-23(20)28)26(32)18-31(38(4,34)35)24-15-14-22(36-2)16-25(24)37-3/h8-10,13-16,19,21H,5-7,11-12,17-18H2,1-4H3,(H,29,33)/t19-/m0/s1. The average Bonchev–Trinajstić information content (AvgIpc) is 2.90. The van der Waals surface area contributed by atoms with Gasteiger partial charge in [0.15, 0.2) is 0 Å². The zero-order valence-electron chi connectivity index (χ0n) is 22.3. The van der Waals surface area contributed by atoms with E-state index in [-0.39, 0.29) is 29.9 Å². The Morgan fingerprint density at radius 3 is 2.37 bits per heavy atom. The summed E-state index contributed by atoms with van der Waals surface area (Å²) in [6.07, 6.45) is 6.06. The van der Waals surface area contributed by atoms with Crippen LogP contribution < -0.4 is 19.1 Å². The molecular formula is C27H36ClN3O6S. The van der Waals surface area contributed by atoms with Crippen molar-refractivity contribution in [2.75, 3.05) is 31.3 Å². The van der Waals surface area contributed by atoms with Crippen molar-refractivity contribution in [2.24, 2.45) is 0 Å². The van der Waals surface area contributed by atoms with Gasteiger partial charge in [-0.2, -0.15) is 0 Å². The highest BCUT2D eigenvalue weighted by Gasteiger charge is 2.32. The maximum Gasteiger partial charge on any atom is 0.244 e. The van der Waals surface area contributed by atoms with Crippen molar-refractivity contribution in [1.82, 2.24) is 10.2 Å². The van der Waals surface area contributed by atoms with Crippen molar-refractivity contribution in [3.63, 3.8) is 0 Å². The quantitative estimate of drug-likeness (QED) is 0.442. The van der Waals surface area contributed by atoms with Crippen molar-refractivity contribution in [3.8, 4) is 11.5 Å². The molecule has 208 valence electrons. The molecule has 0 aromatic heterocycles. The lowest BCUT2D eigenvalue weighted by atomic mass is 9.95. The minimum atomic E-state index is -3.91. The first-order chi connectivity index (χ1) is 18.0. The number of methoxy groups -OCH3 is 2. The summed E-state index contributed by atoms with van der Waals surface area (Å²) in [4.78, 5) is 28.4. The number of nitrogens with zero attached hydrogens (tertiary/aromatic N) is 2. The third kappa shape index (κ3) is 7.54. The number of amides is 2. The summed E-state index contributed by atoms with van der Waals surface area (Å²) in [6, 6.07) is 10.9. The molecule has 1 saturated carbocycles. The Hall–Kier alpha value is -2.98. The van der Waals surface area contributed by atoms with Crippen LogP contribution in [-0.2, 0) is 26.2 Å². The molecule has 11 heteroatoms. The summed E-state index contributed by atoms with van der Waals surface area (Å²) < 4.78 is 37.3. The molecule has 1 aliphatic rings. The maximum absolute atomic E-state index is 13.8. The van der Waals surface area contributed by atoms with Gasteiger partial charge in [0.05, 0.1) is 26.2 Å². The molecular weight excluding hydrogens is 530 g/mol. The van der Waals surface area contributed by atoms with Crippen LogP contribution in [0.2, 0.25) is 5.02 Å². The molecule has 1 atom stereocenters. The van der Waals surface area contributed by atoms with Crippen LogP contribution >= 0.6 is 11.6 Å². The van der Waals surface area contributed by atoms with E-state index in [0.717, 1.165) is 42.7 Å². The topological polar surface area (TPSA) is 105 Å². The fourth-order valence-corrected chi connectivity index (χ4v) is 5.60.